The van der Waals surface area contributed by atoms with Crippen molar-refractivity contribution < 1.29 is 14.8 Å². The number of nitro groups is 1. The van der Waals surface area contributed by atoms with Crippen LogP contribution in [0.25, 0.3) is 10.1 Å². The summed E-state index contributed by atoms with van der Waals surface area (Å²) in [6.45, 7) is 1.81. The largest absolute Gasteiger partial charge is 0.530 e. The van der Waals surface area contributed by atoms with Crippen molar-refractivity contribution in [3.8, 4) is 0 Å². The molecular weight excluding hydrogens is 258 g/mol. The summed E-state index contributed by atoms with van der Waals surface area (Å²) in [4.78, 5) is 22.2. The Kier molecular flexibility index (Phi) is 3.11. The third-order valence-corrected chi connectivity index (χ3v) is 3.32. The number of benzene rings is 1. The zero-order valence-corrected chi connectivity index (χ0v) is 10.1. The summed E-state index contributed by atoms with van der Waals surface area (Å²) in [5.41, 5.74) is -0.0781. The molecule has 0 aliphatic carbocycles. The lowest BCUT2D eigenvalue weighted by Crippen LogP contribution is -2.41. The molecule has 0 aliphatic heterocycles. The molecule has 0 spiro atoms. The van der Waals surface area contributed by atoms with Crippen LogP contribution < -0.4 is 10.0 Å². The minimum absolute atomic E-state index is 0.0781. The minimum Gasteiger partial charge on any atom is -0.530 e. The second-order valence-corrected chi connectivity index (χ2v) is 4.20. The van der Waals surface area contributed by atoms with E-state index in [1.165, 1.54) is 12.1 Å². The number of amides is 1. The fourth-order valence-electron chi connectivity index (χ4n) is 1.64. The molecule has 0 unspecified atom stereocenters. The Morgan fingerprint density at radius 1 is 1.56 bits per heavy atom. The van der Waals surface area contributed by atoms with Crippen LogP contribution in [-0.4, -0.2) is 21.9 Å². The van der Waals surface area contributed by atoms with Crippen molar-refractivity contribution in [1.82, 2.24) is 4.37 Å². The molecule has 1 amide bonds. The quantitative estimate of drug-likeness (QED) is 0.617. The van der Waals surface area contributed by atoms with Gasteiger partial charge in [0, 0.05) is 18.0 Å². The predicted octanol–water partition coefficient (Wildman–Crippen LogP) is 1.37. The summed E-state index contributed by atoms with van der Waals surface area (Å²) in [6, 6.07) is 4.47. The maximum absolute atomic E-state index is 10.9. The van der Waals surface area contributed by atoms with E-state index in [-0.39, 0.29) is 18.1 Å². The highest BCUT2D eigenvalue weighted by atomic mass is 32.1. The summed E-state index contributed by atoms with van der Waals surface area (Å²) in [6.07, 6.45) is -1.38. The van der Waals surface area contributed by atoms with Gasteiger partial charge in [0.2, 0.25) is 0 Å². The molecule has 0 saturated heterocycles. The van der Waals surface area contributed by atoms with Crippen LogP contribution in [0.5, 0.6) is 0 Å². The molecule has 0 fully saturated rings. The molecule has 0 bridgehead atoms. The number of carbonyl (C=O) groups is 1. The van der Waals surface area contributed by atoms with E-state index in [9.17, 15) is 20.0 Å². The molecule has 1 heterocycles. The van der Waals surface area contributed by atoms with E-state index >= 15 is 0 Å². The number of hydrogen-bond acceptors (Lipinski definition) is 6. The Morgan fingerprint density at radius 3 is 2.83 bits per heavy atom. The normalized spacial score (nSPS) is 10.5. The third kappa shape index (κ3) is 1.86. The standard InChI is InChI=1S/C10H9N3O4S/c1-2-12(10(14)15)9-6-4-3-5-7(13(16)17)8(6)18-11-9/h3-5H,2H2,1H3,(H,14,15)/p-1. The van der Waals surface area contributed by atoms with Crippen LogP contribution in [0.1, 0.15) is 6.92 Å². The Hall–Kier alpha value is -2.22. The number of carbonyl (C=O) groups excluding carboxylic acids is 1. The van der Waals surface area contributed by atoms with Crippen LogP contribution in [0.2, 0.25) is 0 Å². The lowest BCUT2D eigenvalue weighted by atomic mass is 10.2. The van der Waals surface area contributed by atoms with Crippen molar-refractivity contribution in [2.24, 2.45) is 0 Å². The van der Waals surface area contributed by atoms with E-state index in [0.717, 1.165) is 16.4 Å². The molecule has 1 aromatic heterocycles. The van der Waals surface area contributed by atoms with Crippen LogP contribution in [0, 0.1) is 10.1 Å². The second kappa shape index (κ2) is 4.57. The maximum Gasteiger partial charge on any atom is 0.288 e. The van der Waals surface area contributed by atoms with Crippen LogP contribution in [0.15, 0.2) is 18.2 Å². The van der Waals surface area contributed by atoms with Gasteiger partial charge in [-0.25, -0.2) is 0 Å². The van der Waals surface area contributed by atoms with Gasteiger partial charge >= 0.3 is 0 Å². The molecule has 18 heavy (non-hydrogen) atoms. The fourth-order valence-corrected chi connectivity index (χ4v) is 2.51. The number of nitrogens with zero attached hydrogens (tertiary/aromatic N) is 3. The molecule has 2 aromatic rings. The van der Waals surface area contributed by atoms with Crippen molar-refractivity contribution in [3.05, 3.63) is 28.3 Å². The summed E-state index contributed by atoms with van der Waals surface area (Å²) in [5, 5.41) is 22.2. The van der Waals surface area contributed by atoms with Gasteiger partial charge in [-0.3, -0.25) is 10.1 Å². The molecule has 0 radical (unpaired) electrons. The first kappa shape index (κ1) is 12.2. The van der Waals surface area contributed by atoms with Gasteiger partial charge in [-0.05, 0) is 24.5 Å². The number of carboxylic acid groups (broad SMARTS) is 1. The highest BCUT2D eigenvalue weighted by molar-refractivity contribution is 7.14. The number of aromatic nitrogens is 1. The van der Waals surface area contributed by atoms with Crippen molar-refractivity contribution in [2.45, 2.75) is 6.92 Å². The van der Waals surface area contributed by atoms with Gasteiger partial charge in [0.05, 0.1) is 4.92 Å². The van der Waals surface area contributed by atoms with Crippen molar-refractivity contribution in [1.29, 1.82) is 0 Å². The van der Waals surface area contributed by atoms with E-state index in [2.05, 4.69) is 4.37 Å². The van der Waals surface area contributed by atoms with Crippen LogP contribution >= 0.6 is 11.5 Å². The van der Waals surface area contributed by atoms with Gasteiger partial charge in [0.15, 0.2) is 5.82 Å². The van der Waals surface area contributed by atoms with Gasteiger partial charge in [0.25, 0.3) is 5.69 Å². The number of nitro benzene ring substituents is 1. The number of fused-ring (bicyclic) bond motifs is 1. The van der Waals surface area contributed by atoms with E-state index < -0.39 is 11.0 Å². The van der Waals surface area contributed by atoms with Gasteiger partial charge in [-0.1, -0.05) is 6.07 Å². The topological polar surface area (TPSA) is 99.4 Å². The van der Waals surface area contributed by atoms with Crippen molar-refractivity contribution >= 4 is 39.2 Å². The van der Waals surface area contributed by atoms with Gasteiger partial charge in [0.1, 0.15) is 10.8 Å². The molecular formula is C10H8N3O4S-. The zero-order chi connectivity index (χ0) is 13.3. The fraction of sp³-hybridized carbons (Fsp3) is 0.200. The Labute approximate surface area is 106 Å². The second-order valence-electron chi connectivity index (χ2n) is 3.43. The lowest BCUT2D eigenvalue weighted by molar-refractivity contribution is -0.382. The third-order valence-electron chi connectivity index (χ3n) is 2.45. The first-order valence-electron chi connectivity index (χ1n) is 5.07. The highest BCUT2D eigenvalue weighted by Crippen LogP contribution is 2.35. The molecule has 7 nitrogen and oxygen atoms in total. The molecule has 0 N–H and O–H groups in total. The van der Waals surface area contributed by atoms with Crippen LogP contribution in [0.4, 0.5) is 16.3 Å². The van der Waals surface area contributed by atoms with Gasteiger partial charge in [-0.15, -0.1) is 0 Å². The van der Waals surface area contributed by atoms with E-state index in [0.29, 0.717) is 10.1 Å². The molecule has 0 aliphatic rings. The first-order chi connectivity index (χ1) is 8.56. The monoisotopic (exact) mass is 266 g/mol. The molecule has 8 heteroatoms. The molecule has 0 atom stereocenters. The Morgan fingerprint density at radius 2 is 2.28 bits per heavy atom. The Balaban J connectivity index is 2.65. The molecule has 94 valence electrons. The first-order valence-corrected chi connectivity index (χ1v) is 5.85. The number of anilines is 1. The maximum atomic E-state index is 10.9. The summed E-state index contributed by atoms with van der Waals surface area (Å²) in [5.74, 6) is 0.182. The average molecular weight is 266 g/mol. The zero-order valence-electron chi connectivity index (χ0n) is 9.32. The summed E-state index contributed by atoms with van der Waals surface area (Å²) < 4.78 is 4.33. The smallest absolute Gasteiger partial charge is 0.288 e. The molecule has 1 aromatic carbocycles. The number of rotatable bonds is 3. The minimum atomic E-state index is -1.38. The number of hydrogen-bond donors (Lipinski definition) is 0. The van der Waals surface area contributed by atoms with E-state index in [1.807, 2.05) is 0 Å². The molecule has 2 rings (SSSR count). The predicted molar refractivity (Wildman–Crippen MR) is 64.7 cm³/mol. The van der Waals surface area contributed by atoms with Crippen molar-refractivity contribution in [2.75, 3.05) is 11.4 Å². The van der Waals surface area contributed by atoms with Gasteiger partial charge in [-0.2, -0.15) is 4.37 Å². The summed E-state index contributed by atoms with van der Waals surface area (Å²) >= 11 is 0.906. The van der Waals surface area contributed by atoms with E-state index in [4.69, 9.17) is 0 Å². The highest BCUT2D eigenvalue weighted by Gasteiger charge is 2.20. The van der Waals surface area contributed by atoms with Gasteiger partial charge < -0.3 is 14.8 Å². The SMILES string of the molecule is CCN(C(=O)[O-])c1nsc2c([N+](=O)[O-])cccc12. The van der Waals surface area contributed by atoms with E-state index in [1.54, 1.807) is 13.0 Å². The lowest BCUT2D eigenvalue weighted by Gasteiger charge is -2.20. The van der Waals surface area contributed by atoms with Crippen molar-refractivity contribution in [3.63, 3.8) is 0 Å². The van der Waals surface area contributed by atoms with Crippen LogP contribution in [-0.2, 0) is 0 Å². The van der Waals surface area contributed by atoms with Crippen LogP contribution in [0.3, 0.4) is 0 Å². The summed E-state index contributed by atoms with van der Waals surface area (Å²) in [7, 11) is 0. The molecule has 0 saturated carbocycles. The average Bonchev–Trinajstić information content (AvgIpc) is 2.73. The number of non-ortho nitro benzene ring substituents is 1. The Bertz CT molecular complexity index is 625.